The second-order valence-corrected chi connectivity index (χ2v) is 9.14. The maximum absolute atomic E-state index is 12.7. The van der Waals surface area contributed by atoms with Crippen molar-refractivity contribution in [2.45, 2.75) is 56.9 Å². The lowest BCUT2D eigenvalue weighted by Gasteiger charge is -2.26. The molecule has 3 rings (SSSR count). The fraction of sp³-hybridized carbons (Fsp3) is 0.609. The van der Waals surface area contributed by atoms with Gasteiger partial charge in [0.25, 0.3) is 0 Å². The summed E-state index contributed by atoms with van der Waals surface area (Å²) < 4.78 is 0. The van der Waals surface area contributed by atoms with Gasteiger partial charge in [-0.3, -0.25) is 14.4 Å². The number of carbonyl (C=O) groups is 3. The second-order valence-electron chi connectivity index (χ2n) is 8.71. The first-order valence-electron chi connectivity index (χ1n) is 11.2. The molecule has 8 heteroatoms. The van der Waals surface area contributed by atoms with Gasteiger partial charge in [-0.05, 0) is 68.7 Å². The van der Waals surface area contributed by atoms with E-state index in [1.165, 1.54) is 0 Å². The molecule has 0 unspecified atom stereocenters. The maximum Gasteiger partial charge on any atom is 0.306 e. The molecular formula is C23H32ClN3O4. The molecule has 2 amide bonds. The molecule has 0 radical (unpaired) electrons. The third-order valence-electron chi connectivity index (χ3n) is 6.46. The molecular weight excluding hydrogens is 418 g/mol. The van der Waals surface area contributed by atoms with Crippen LogP contribution in [0.1, 0.15) is 56.4 Å². The van der Waals surface area contributed by atoms with Crippen LogP contribution in [0, 0.1) is 11.8 Å². The molecule has 1 saturated carbocycles. The lowest BCUT2D eigenvalue weighted by atomic mass is 9.82. The molecule has 4 N–H and O–H groups in total. The molecule has 1 heterocycles. The summed E-state index contributed by atoms with van der Waals surface area (Å²) in [6, 6.07) is 7.23. The summed E-state index contributed by atoms with van der Waals surface area (Å²) in [5.41, 5.74) is 0.959. The largest absolute Gasteiger partial charge is 0.481 e. The molecule has 1 aromatic carbocycles. The number of hydrogen-bond donors (Lipinski definition) is 4. The Morgan fingerprint density at radius 3 is 2.39 bits per heavy atom. The average Bonchev–Trinajstić information content (AvgIpc) is 3.31. The number of carboxylic acids is 1. The van der Waals surface area contributed by atoms with Crippen LogP contribution in [0.3, 0.4) is 0 Å². The van der Waals surface area contributed by atoms with Crippen LogP contribution in [0.15, 0.2) is 24.3 Å². The number of aliphatic carboxylic acids is 1. The van der Waals surface area contributed by atoms with Crippen LogP contribution in [0.25, 0.3) is 0 Å². The van der Waals surface area contributed by atoms with E-state index in [2.05, 4.69) is 16.0 Å². The van der Waals surface area contributed by atoms with Gasteiger partial charge in [0.1, 0.15) is 0 Å². The molecule has 0 bridgehead atoms. The van der Waals surface area contributed by atoms with Crippen LogP contribution in [0.5, 0.6) is 0 Å². The summed E-state index contributed by atoms with van der Waals surface area (Å²) in [7, 11) is 0. The molecule has 0 aromatic heterocycles. The Hall–Kier alpha value is -2.12. The summed E-state index contributed by atoms with van der Waals surface area (Å²) in [6.07, 6.45) is 5.08. The summed E-state index contributed by atoms with van der Waals surface area (Å²) in [4.78, 5) is 36.1. The Morgan fingerprint density at radius 2 is 1.77 bits per heavy atom. The summed E-state index contributed by atoms with van der Waals surface area (Å²) in [6.45, 7) is 1.81. The van der Waals surface area contributed by atoms with Crippen LogP contribution in [0.2, 0.25) is 5.02 Å². The number of carboxylic acid groups (broad SMARTS) is 1. The van der Waals surface area contributed by atoms with Crippen molar-refractivity contribution in [1.82, 2.24) is 16.0 Å². The van der Waals surface area contributed by atoms with Gasteiger partial charge in [-0.1, -0.05) is 23.7 Å². The van der Waals surface area contributed by atoms with Crippen LogP contribution in [-0.2, 0) is 14.4 Å². The Morgan fingerprint density at radius 1 is 1.06 bits per heavy atom. The maximum atomic E-state index is 12.7. The van der Waals surface area contributed by atoms with Crippen LogP contribution < -0.4 is 16.0 Å². The first-order valence-corrected chi connectivity index (χ1v) is 11.6. The van der Waals surface area contributed by atoms with Crippen molar-refractivity contribution >= 4 is 29.4 Å². The smallest absolute Gasteiger partial charge is 0.306 e. The highest BCUT2D eigenvalue weighted by Crippen LogP contribution is 2.28. The van der Waals surface area contributed by atoms with Crippen molar-refractivity contribution in [2.24, 2.45) is 11.8 Å². The highest BCUT2D eigenvalue weighted by atomic mass is 35.5. The van der Waals surface area contributed by atoms with Gasteiger partial charge in [0, 0.05) is 30.5 Å². The van der Waals surface area contributed by atoms with E-state index in [0.717, 1.165) is 37.8 Å². The lowest BCUT2D eigenvalue weighted by molar-refractivity contribution is -0.143. The molecule has 1 aliphatic heterocycles. The van der Waals surface area contributed by atoms with E-state index in [4.69, 9.17) is 16.7 Å². The predicted octanol–water partition coefficient (Wildman–Crippen LogP) is 2.69. The van der Waals surface area contributed by atoms with Crippen LogP contribution in [0.4, 0.5) is 0 Å². The summed E-state index contributed by atoms with van der Waals surface area (Å²) in [5.74, 6) is -0.880. The molecule has 2 aliphatic rings. The molecule has 7 nitrogen and oxygen atoms in total. The monoisotopic (exact) mass is 449 g/mol. The van der Waals surface area contributed by atoms with E-state index in [0.29, 0.717) is 36.9 Å². The van der Waals surface area contributed by atoms with Crippen molar-refractivity contribution in [1.29, 1.82) is 0 Å². The normalized spacial score (nSPS) is 24.4. The number of rotatable bonds is 9. The highest BCUT2D eigenvalue weighted by Gasteiger charge is 2.27. The Bertz CT molecular complexity index is 757. The molecule has 31 heavy (non-hydrogen) atoms. The van der Waals surface area contributed by atoms with Crippen molar-refractivity contribution in [3.05, 3.63) is 34.9 Å². The summed E-state index contributed by atoms with van der Waals surface area (Å²) in [5, 5.41) is 18.9. The quantitative estimate of drug-likeness (QED) is 0.463. The molecule has 1 saturated heterocycles. The van der Waals surface area contributed by atoms with Crippen molar-refractivity contribution in [3.8, 4) is 0 Å². The highest BCUT2D eigenvalue weighted by molar-refractivity contribution is 6.30. The average molecular weight is 450 g/mol. The van der Waals surface area contributed by atoms with Gasteiger partial charge in [-0.15, -0.1) is 0 Å². The van der Waals surface area contributed by atoms with Gasteiger partial charge >= 0.3 is 5.97 Å². The van der Waals surface area contributed by atoms with E-state index in [-0.39, 0.29) is 36.1 Å². The lowest BCUT2D eigenvalue weighted by Crippen LogP contribution is -2.42. The first kappa shape index (κ1) is 23.5. The summed E-state index contributed by atoms with van der Waals surface area (Å²) >= 11 is 6.01. The van der Waals surface area contributed by atoms with Gasteiger partial charge in [0.2, 0.25) is 11.8 Å². The minimum absolute atomic E-state index is 0.0212. The van der Waals surface area contributed by atoms with E-state index in [9.17, 15) is 14.4 Å². The van der Waals surface area contributed by atoms with Gasteiger partial charge in [0.15, 0.2) is 0 Å². The van der Waals surface area contributed by atoms with E-state index in [1.54, 1.807) is 12.1 Å². The number of benzene rings is 1. The SMILES string of the molecule is O=C(C[C@@H](CNC(=O)[C@@H]1CCCN1)c1ccc(Cl)cc1)NCC1CCC(C(=O)O)CC1. The minimum Gasteiger partial charge on any atom is -0.481 e. The molecule has 1 aliphatic carbocycles. The van der Waals surface area contributed by atoms with E-state index in [1.807, 2.05) is 12.1 Å². The minimum atomic E-state index is -0.719. The zero-order valence-electron chi connectivity index (χ0n) is 17.7. The fourth-order valence-electron chi connectivity index (χ4n) is 4.47. The predicted molar refractivity (Wildman–Crippen MR) is 119 cm³/mol. The number of carbonyl (C=O) groups excluding carboxylic acids is 2. The second kappa shape index (κ2) is 11.5. The number of hydrogen-bond acceptors (Lipinski definition) is 4. The van der Waals surface area contributed by atoms with Gasteiger partial charge in [0.05, 0.1) is 12.0 Å². The zero-order chi connectivity index (χ0) is 22.2. The number of amides is 2. The molecule has 2 fully saturated rings. The molecule has 170 valence electrons. The van der Waals surface area contributed by atoms with Crippen molar-refractivity contribution in [2.75, 3.05) is 19.6 Å². The molecule has 1 aromatic rings. The van der Waals surface area contributed by atoms with Gasteiger partial charge in [-0.25, -0.2) is 0 Å². The van der Waals surface area contributed by atoms with Gasteiger partial charge in [-0.2, -0.15) is 0 Å². The van der Waals surface area contributed by atoms with Gasteiger partial charge < -0.3 is 21.1 Å². The molecule has 0 spiro atoms. The zero-order valence-corrected chi connectivity index (χ0v) is 18.5. The topological polar surface area (TPSA) is 108 Å². The van der Waals surface area contributed by atoms with Crippen LogP contribution in [-0.4, -0.2) is 48.6 Å². The standard InChI is InChI=1S/C23H32ClN3O4/c24-19-9-7-16(8-10-19)18(14-27-22(29)20-2-1-11-25-20)12-21(28)26-13-15-3-5-17(6-4-15)23(30)31/h7-10,15,17-18,20,25H,1-6,11-14H2,(H,26,28)(H,27,29)(H,30,31)/t15?,17?,18-,20-/m0/s1. The van der Waals surface area contributed by atoms with Crippen molar-refractivity contribution < 1.29 is 19.5 Å². The van der Waals surface area contributed by atoms with Crippen LogP contribution >= 0.6 is 11.6 Å². The van der Waals surface area contributed by atoms with Crippen molar-refractivity contribution in [3.63, 3.8) is 0 Å². The molecule has 2 atom stereocenters. The number of halogens is 1. The fourth-order valence-corrected chi connectivity index (χ4v) is 4.59. The Labute approximate surface area is 188 Å². The Balaban J connectivity index is 1.51. The first-order chi connectivity index (χ1) is 14.9. The Kier molecular flexibility index (Phi) is 8.72. The van der Waals surface area contributed by atoms with E-state index < -0.39 is 5.97 Å². The number of nitrogens with one attached hydrogen (secondary N) is 3. The third-order valence-corrected chi connectivity index (χ3v) is 6.71. The van der Waals surface area contributed by atoms with E-state index >= 15 is 0 Å². The third kappa shape index (κ3) is 7.21.